The molecule has 1 aliphatic rings. The average Bonchev–Trinajstić information content (AvgIpc) is 2.71. The van der Waals surface area contributed by atoms with Crippen LogP contribution in [0.2, 0.25) is 0 Å². The molecule has 0 aromatic heterocycles. The topological polar surface area (TPSA) is 52.7 Å². The van der Waals surface area contributed by atoms with Crippen molar-refractivity contribution in [1.82, 2.24) is 9.80 Å². The van der Waals surface area contributed by atoms with Crippen LogP contribution in [-0.4, -0.2) is 60.1 Å². The normalized spacial score (nSPS) is 14.6. The molecule has 2 aromatic carbocycles. The molecule has 0 unspecified atom stereocenters. The summed E-state index contributed by atoms with van der Waals surface area (Å²) in [5.74, 6) is -0.0401. The molecule has 154 valence electrons. The van der Waals surface area contributed by atoms with E-state index < -0.39 is 0 Å². The van der Waals surface area contributed by atoms with Crippen LogP contribution in [0, 0.1) is 11.6 Å². The van der Waals surface area contributed by atoms with Gasteiger partial charge in [0.05, 0.1) is 6.54 Å². The molecule has 0 saturated carbocycles. The molecule has 0 aliphatic carbocycles. The second-order valence-corrected chi connectivity index (χ2v) is 7.93. The number of carbonyl (C=O) groups is 2. The molecule has 0 atom stereocenters. The first-order valence-corrected chi connectivity index (χ1v) is 10.4. The monoisotopic (exact) mass is 419 g/mol. The maximum Gasteiger partial charge on any atom is 0.238 e. The Morgan fingerprint density at radius 3 is 2.10 bits per heavy atom. The minimum absolute atomic E-state index is 0.0926. The molecule has 1 fully saturated rings. The molecule has 8 heteroatoms. The van der Waals surface area contributed by atoms with Crippen molar-refractivity contribution in [3.8, 4) is 0 Å². The Morgan fingerprint density at radius 2 is 1.48 bits per heavy atom. The maximum atomic E-state index is 12.9. The molecule has 2 aromatic rings. The van der Waals surface area contributed by atoms with Crippen molar-refractivity contribution in [1.29, 1.82) is 0 Å². The summed E-state index contributed by atoms with van der Waals surface area (Å²) in [6.07, 6.45) is 0.424. The Bertz CT molecular complexity index is 823. The van der Waals surface area contributed by atoms with E-state index in [1.807, 2.05) is 9.80 Å². The Kier molecular flexibility index (Phi) is 7.60. The third-order valence-corrected chi connectivity index (χ3v) is 5.63. The molecule has 1 N–H and O–H groups in total. The second kappa shape index (κ2) is 10.4. The molecule has 0 radical (unpaired) electrons. The lowest BCUT2D eigenvalue weighted by Crippen LogP contribution is -2.50. The largest absolute Gasteiger partial charge is 0.340 e. The van der Waals surface area contributed by atoms with Gasteiger partial charge in [0.15, 0.2) is 0 Å². The molecule has 29 heavy (non-hydrogen) atoms. The van der Waals surface area contributed by atoms with Crippen molar-refractivity contribution >= 4 is 29.3 Å². The van der Waals surface area contributed by atoms with Gasteiger partial charge in [0, 0.05) is 48.9 Å². The van der Waals surface area contributed by atoms with Crippen LogP contribution in [0.5, 0.6) is 0 Å². The lowest BCUT2D eigenvalue weighted by molar-refractivity contribution is -0.132. The zero-order valence-corrected chi connectivity index (χ0v) is 16.8. The summed E-state index contributed by atoms with van der Waals surface area (Å²) in [5, 5.41) is 2.74. The van der Waals surface area contributed by atoms with Gasteiger partial charge in [-0.2, -0.15) is 0 Å². The van der Waals surface area contributed by atoms with Crippen molar-refractivity contribution in [3.63, 3.8) is 0 Å². The molecule has 0 spiro atoms. The maximum absolute atomic E-state index is 12.9. The summed E-state index contributed by atoms with van der Waals surface area (Å²) in [7, 11) is 0. The quantitative estimate of drug-likeness (QED) is 0.701. The van der Waals surface area contributed by atoms with E-state index in [0.29, 0.717) is 44.0 Å². The zero-order valence-electron chi connectivity index (χ0n) is 15.9. The Hall–Kier alpha value is -2.45. The summed E-state index contributed by atoms with van der Waals surface area (Å²) in [5.41, 5.74) is 0.559. The minimum Gasteiger partial charge on any atom is -0.340 e. The fourth-order valence-corrected chi connectivity index (χ4v) is 3.88. The number of benzene rings is 2. The molecule has 0 bridgehead atoms. The Labute approximate surface area is 173 Å². The highest BCUT2D eigenvalue weighted by atomic mass is 32.2. The second-order valence-electron chi connectivity index (χ2n) is 6.76. The Balaban J connectivity index is 1.34. The number of piperazine rings is 1. The zero-order chi connectivity index (χ0) is 20.6. The van der Waals surface area contributed by atoms with Crippen molar-refractivity contribution in [2.75, 3.05) is 43.8 Å². The van der Waals surface area contributed by atoms with Gasteiger partial charge in [0.25, 0.3) is 0 Å². The van der Waals surface area contributed by atoms with Crippen LogP contribution in [0.25, 0.3) is 0 Å². The number of amides is 2. The number of nitrogens with zero attached hydrogens (tertiary/aromatic N) is 2. The number of rotatable bonds is 7. The highest BCUT2D eigenvalue weighted by Crippen LogP contribution is 2.19. The van der Waals surface area contributed by atoms with Gasteiger partial charge in [0.1, 0.15) is 11.6 Å². The van der Waals surface area contributed by atoms with Crippen LogP contribution < -0.4 is 5.32 Å². The van der Waals surface area contributed by atoms with E-state index in [-0.39, 0.29) is 30.0 Å². The molecular weight excluding hydrogens is 396 g/mol. The predicted octanol–water partition coefficient (Wildman–Crippen LogP) is 3.23. The highest BCUT2D eigenvalue weighted by molar-refractivity contribution is 7.99. The number of halogens is 2. The van der Waals surface area contributed by atoms with Gasteiger partial charge >= 0.3 is 0 Å². The van der Waals surface area contributed by atoms with Crippen LogP contribution in [-0.2, 0) is 9.59 Å². The number of carbonyl (C=O) groups excluding carboxylic acids is 2. The van der Waals surface area contributed by atoms with Crippen LogP contribution in [0.15, 0.2) is 53.4 Å². The Morgan fingerprint density at radius 1 is 0.897 bits per heavy atom. The summed E-state index contributed by atoms with van der Waals surface area (Å²) >= 11 is 1.53. The van der Waals surface area contributed by atoms with Gasteiger partial charge in [0.2, 0.25) is 11.8 Å². The van der Waals surface area contributed by atoms with E-state index in [2.05, 4.69) is 5.32 Å². The van der Waals surface area contributed by atoms with E-state index in [1.165, 1.54) is 48.2 Å². The lowest BCUT2D eigenvalue weighted by Gasteiger charge is -2.34. The standard InChI is InChI=1S/C21H23F2N3O2S/c22-16-1-5-18(6-2-16)24-20(27)15-25-10-12-26(13-11-25)21(28)9-14-29-19-7-3-17(23)4-8-19/h1-8H,9-15H2,(H,24,27). The summed E-state index contributed by atoms with van der Waals surface area (Å²) in [6, 6.07) is 11.9. The van der Waals surface area contributed by atoms with E-state index >= 15 is 0 Å². The van der Waals surface area contributed by atoms with Crippen LogP contribution in [0.1, 0.15) is 6.42 Å². The van der Waals surface area contributed by atoms with E-state index in [0.717, 1.165) is 4.90 Å². The van der Waals surface area contributed by atoms with E-state index in [9.17, 15) is 18.4 Å². The van der Waals surface area contributed by atoms with Crippen molar-refractivity contribution in [3.05, 3.63) is 60.2 Å². The number of hydrogen-bond acceptors (Lipinski definition) is 4. The molecule has 1 heterocycles. The molecular formula is C21H23F2N3O2S. The van der Waals surface area contributed by atoms with Crippen molar-refractivity contribution in [2.45, 2.75) is 11.3 Å². The van der Waals surface area contributed by atoms with E-state index in [4.69, 9.17) is 0 Å². The molecule has 3 rings (SSSR count). The summed E-state index contributed by atoms with van der Waals surface area (Å²) in [4.78, 5) is 29.2. The van der Waals surface area contributed by atoms with Crippen LogP contribution in [0.4, 0.5) is 14.5 Å². The molecule has 1 aliphatic heterocycles. The van der Waals surface area contributed by atoms with Crippen molar-refractivity contribution < 1.29 is 18.4 Å². The number of hydrogen-bond donors (Lipinski definition) is 1. The number of nitrogens with one attached hydrogen (secondary N) is 1. The first kappa shape index (κ1) is 21.3. The predicted molar refractivity (Wildman–Crippen MR) is 110 cm³/mol. The molecule has 5 nitrogen and oxygen atoms in total. The fourth-order valence-electron chi connectivity index (χ4n) is 3.04. The SMILES string of the molecule is O=C(CN1CCN(C(=O)CCSc2ccc(F)cc2)CC1)Nc1ccc(F)cc1. The van der Waals surface area contributed by atoms with Gasteiger partial charge < -0.3 is 10.2 Å². The number of thioether (sulfide) groups is 1. The third kappa shape index (κ3) is 6.83. The highest BCUT2D eigenvalue weighted by Gasteiger charge is 2.22. The van der Waals surface area contributed by atoms with Gasteiger partial charge in [-0.1, -0.05) is 0 Å². The van der Waals surface area contributed by atoms with Crippen LogP contribution >= 0.6 is 11.8 Å². The lowest BCUT2D eigenvalue weighted by atomic mass is 10.2. The fraction of sp³-hybridized carbons (Fsp3) is 0.333. The summed E-state index contributed by atoms with van der Waals surface area (Å²) in [6.45, 7) is 2.68. The van der Waals surface area contributed by atoms with Crippen molar-refractivity contribution in [2.24, 2.45) is 0 Å². The first-order chi connectivity index (χ1) is 14.0. The number of anilines is 1. The molecule has 1 saturated heterocycles. The van der Waals surface area contributed by atoms with Gasteiger partial charge in [-0.05, 0) is 48.5 Å². The van der Waals surface area contributed by atoms with E-state index in [1.54, 1.807) is 12.1 Å². The van der Waals surface area contributed by atoms with Gasteiger partial charge in [-0.15, -0.1) is 11.8 Å². The third-order valence-electron chi connectivity index (χ3n) is 4.62. The van der Waals surface area contributed by atoms with Gasteiger partial charge in [-0.3, -0.25) is 14.5 Å². The molecule has 2 amide bonds. The minimum atomic E-state index is -0.347. The summed E-state index contributed by atoms with van der Waals surface area (Å²) < 4.78 is 25.8. The van der Waals surface area contributed by atoms with Gasteiger partial charge in [-0.25, -0.2) is 8.78 Å². The smallest absolute Gasteiger partial charge is 0.238 e. The first-order valence-electron chi connectivity index (χ1n) is 9.43. The average molecular weight is 419 g/mol. The van der Waals surface area contributed by atoms with Crippen LogP contribution in [0.3, 0.4) is 0 Å².